The highest BCUT2D eigenvalue weighted by molar-refractivity contribution is 5.46. The maximum Gasteiger partial charge on any atom is 0.0400 e. The van der Waals surface area contributed by atoms with E-state index in [0.29, 0.717) is 0 Å². The standard InChI is InChI=1S/C13H20N4/c1-11-8-12(2-3-15-11)16-4-6-17(7-5-16)13-9-14-10-13/h2-3,8,13-14H,4-7,9-10H2,1H3. The molecule has 0 amide bonds. The number of pyridine rings is 1. The number of hydrogen-bond donors (Lipinski definition) is 1. The molecular weight excluding hydrogens is 212 g/mol. The first-order valence-electron chi connectivity index (χ1n) is 6.45. The Balaban J connectivity index is 1.60. The molecule has 4 heteroatoms. The van der Waals surface area contributed by atoms with Crippen molar-refractivity contribution < 1.29 is 0 Å². The van der Waals surface area contributed by atoms with E-state index >= 15 is 0 Å². The van der Waals surface area contributed by atoms with Gasteiger partial charge in [0, 0.05) is 62.9 Å². The van der Waals surface area contributed by atoms with E-state index in [1.165, 1.54) is 31.9 Å². The summed E-state index contributed by atoms with van der Waals surface area (Å²) in [6.45, 7) is 9.06. The molecule has 0 atom stereocenters. The van der Waals surface area contributed by atoms with E-state index in [4.69, 9.17) is 0 Å². The molecule has 2 aliphatic heterocycles. The summed E-state index contributed by atoms with van der Waals surface area (Å²) in [6.07, 6.45) is 1.91. The van der Waals surface area contributed by atoms with Gasteiger partial charge in [0.2, 0.25) is 0 Å². The van der Waals surface area contributed by atoms with Crippen molar-refractivity contribution in [2.45, 2.75) is 13.0 Å². The number of nitrogens with one attached hydrogen (secondary N) is 1. The van der Waals surface area contributed by atoms with Crippen LogP contribution in [-0.2, 0) is 0 Å². The lowest BCUT2D eigenvalue weighted by Gasteiger charge is -2.43. The van der Waals surface area contributed by atoms with Gasteiger partial charge in [0.05, 0.1) is 0 Å². The number of hydrogen-bond acceptors (Lipinski definition) is 4. The normalized spacial score (nSPS) is 22.5. The molecule has 1 aromatic rings. The summed E-state index contributed by atoms with van der Waals surface area (Å²) in [7, 11) is 0. The molecule has 2 aliphatic rings. The zero-order valence-corrected chi connectivity index (χ0v) is 10.4. The SMILES string of the molecule is Cc1cc(N2CCN(C3CNC3)CC2)ccn1. The number of anilines is 1. The van der Waals surface area contributed by atoms with Gasteiger partial charge in [-0.25, -0.2) is 0 Å². The van der Waals surface area contributed by atoms with Crippen molar-refractivity contribution in [2.75, 3.05) is 44.2 Å². The zero-order valence-electron chi connectivity index (χ0n) is 10.4. The highest BCUT2D eigenvalue weighted by Gasteiger charge is 2.27. The molecule has 0 saturated carbocycles. The lowest BCUT2D eigenvalue weighted by atomic mass is 10.1. The lowest BCUT2D eigenvalue weighted by molar-refractivity contribution is 0.138. The Morgan fingerprint density at radius 2 is 2.00 bits per heavy atom. The van der Waals surface area contributed by atoms with Gasteiger partial charge >= 0.3 is 0 Å². The molecule has 92 valence electrons. The summed E-state index contributed by atoms with van der Waals surface area (Å²) < 4.78 is 0. The summed E-state index contributed by atoms with van der Waals surface area (Å²) >= 11 is 0. The quantitative estimate of drug-likeness (QED) is 0.804. The number of aromatic nitrogens is 1. The van der Waals surface area contributed by atoms with Crippen molar-refractivity contribution >= 4 is 5.69 Å². The summed E-state index contributed by atoms with van der Waals surface area (Å²) in [6, 6.07) is 5.09. The summed E-state index contributed by atoms with van der Waals surface area (Å²) in [5.74, 6) is 0. The van der Waals surface area contributed by atoms with Crippen LogP contribution < -0.4 is 10.2 Å². The van der Waals surface area contributed by atoms with Crippen LogP contribution in [0.4, 0.5) is 5.69 Å². The van der Waals surface area contributed by atoms with Gasteiger partial charge in [0.1, 0.15) is 0 Å². The molecule has 3 rings (SSSR count). The monoisotopic (exact) mass is 232 g/mol. The molecule has 0 spiro atoms. The highest BCUT2D eigenvalue weighted by Crippen LogP contribution is 2.18. The van der Waals surface area contributed by atoms with E-state index in [9.17, 15) is 0 Å². The molecular formula is C13H20N4. The van der Waals surface area contributed by atoms with E-state index in [1.807, 2.05) is 6.20 Å². The largest absolute Gasteiger partial charge is 0.369 e. The van der Waals surface area contributed by atoms with Crippen molar-refractivity contribution in [1.82, 2.24) is 15.2 Å². The molecule has 0 bridgehead atoms. The molecule has 17 heavy (non-hydrogen) atoms. The fourth-order valence-corrected chi connectivity index (χ4v) is 2.60. The molecule has 1 N–H and O–H groups in total. The molecule has 4 nitrogen and oxygen atoms in total. The second-order valence-electron chi connectivity index (χ2n) is 4.99. The van der Waals surface area contributed by atoms with Gasteiger partial charge in [0.15, 0.2) is 0 Å². The number of aryl methyl sites for hydroxylation is 1. The Bertz CT molecular complexity index is 381. The first kappa shape index (κ1) is 11.0. The van der Waals surface area contributed by atoms with Gasteiger partial charge in [-0.15, -0.1) is 0 Å². The predicted octanol–water partition coefficient (Wildman–Crippen LogP) is 0.484. The van der Waals surface area contributed by atoms with Crippen molar-refractivity contribution in [3.05, 3.63) is 24.0 Å². The molecule has 2 saturated heterocycles. The van der Waals surface area contributed by atoms with Crippen LogP contribution in [0.5, 0.6) is 0 Å². The molecule has 2 fully saturated rings. The van der Waals surface area contributed by atoms with Crippen LogP contribution >= 0.6 is 0 Å². The van der Waals surface area contributed by atoms with Crippen molar-refractivity contribution in [3.8, 4) is 0 Å². The van der Waals surface area contributed by atoms with Crippen LogP contribution in [0.15, 0.2) is 18.3 Å². The van der Waals surface area contributed by atoms with E-state index in [-0.39, 0.29) is 0 Å². The Labute approximate surface area is 103 Å². The smallest absolute Gasteiger partial charge is 0.0400 e. The fourth-order valence-electron chi connectivity index (χ4n) is 2.60. The number of rotatable bonds is 2. The minimum Gasteiger partial charge on any atom is -0.369 e. The van der Waals surface area contributed by atoms with Crippen molar-refractivity contribution in [3.63, 3.8) is 0 Å². The fraction of sp³-hybridized carbons (Fsp3) is 0.615. The van der Waals surface area contributed by atoms with E-state index in [0.717, 1.165) is 24.8 Å². The number of nitrogens with zero attached hydrogens (tertiary/aromatic N) is 3. The van der Waals surface area contributed by atoms with E-state index < -0.39 is 0 Å². The van der Waals surface area contributed by atoms with Crippen LogP contribution in [0, 0.1) is 6.92 Å². The molecule has 3 heterocycles. The summed E-state index contributed by atoms with van der Waals surface area (Å²) in [5.41, 5.74) is 2.43. The third kappa shape index (κ3) is 2.28. The van der Waals surface area contributed by atoms with Gasteiger partial charge in [-0.3, -0.25) is 9.88 Å². The predicted molar refractivity (Wildman–Crippen MR) is 69.4 cm³/mol. The molecule has 0 radical (unpaired) electrons. The van der Waals surface area contributed by atoms with E-state index in [2.05, 4.69) is 39.2 Å². The Morgan fingerprint density at radius 1 is 1.24 bits per heavy atom. The third-order valence-electron chi connectivity index (χ3n) is 3.84. The van der Waals surface area contributed by atoms with Crippen LogP contribution in [-0.4, -0.2) is 55.2 Å². The van der Waals surface area contributed by atoms with Crippen molar-refractivity contribution in [1.29, 1.82) is 0 Å². The first-order valence-corrected chi connectivity index (χ1v) is 6.45. The third-order valence-corrected chi connectivity index (χ3v) is 3.84. The molecule has 0 aromatic carbocycles. The van der Waals surface area contributed by atoms with Crippen LogP contribution in [0.25, 0.3) is 0 Å². The van der Waals surface area contributed by atoms with Crippen LogP contribution in [0.1, 0.15) is 5.69 Å². The molecule has 0 aliphatic carbocycles. The van der Waals surface area contributed by atoms with Crippen molar-refractivity contribution in [2.24, 2.45) is 0 Å². The first-order chi connectivity index (χ1) is 8.33. The maximum atomic E-state index is 4.25. The molecule has 0 unspecified atom stereocenters. The second-order valence-corrected chi connectivity index (χ2v) is 4.99. The van der Waals surface area contributed by atoms with Gasteiger partial charge < -0.3 is 10.2 Å². The zero-order chi connectivity index (χ0) is 11.7. The minimum absolute atomic E-state index is 0.788. The Hall–Kier alpha value is -1.13. The minimum atomic E-state index is 0.788. The van der Waals surface area contributed by atoms with Gasteiger partial charge in [0.25, 0.3) is 0 Å². The lowest BCUT2D eigenvalue weighted by Crippen LogP contribution is -2.61. The Kier molecular flexibility index (Phi) is 2.99. The average molecular weight is 232 g/mol. The molecule has 1 aromatic heterocycles. The van der Waals surface area contributed by atoms with Gasteiger partial charge in [-0.1, -0.05) is 0 Å². The number of piperazine rings is 1. The van der Waals surface area contributed by atoms with E-state index in [1.54, 1.807) is 0 Å². The average Bonchev–Trinajstić information content (AvgIpc) is 2.28. The second kappa shape index (κ2) is 4.63. The van der Waals surface area contributed by atoms with Gasteiger partial charge in [-0.05, 0) is 19.1 Å². The van der Waals surface area contributed by atoms with Gasteiger partial charge in [-0.2, -0.15) is 0 Å². The maximum absolute atomic E-state index is 4.25. The summed E-state index contributed by atoms with van der Waals surface area (Å²) in [5, 5.41) is 3.35. The van der Waals surface area contributed by atoms with Crippen LogP contribution in [0.3, 0.4) is 0 Å². The summed E-state index contributed by atoms with van der Waals surface area (Å²) in [4.78, 5) is 9.34. The topological polar surface area (TPSA) is 31.4 Å². The highest BCUT2D eigenvalue weighted by atomic mass is 15.3. The van der Waals surface area contributed by atoms with Crippen LogP contribution in [0.2, 0.25) is 0 Å². The Morgan fingerprint density at radius 3 is 2.59 bits per heavy atom.